The fourth-order valence-corrected chi connectivity index (χ4v) is 4.91. The largest absolute Gasteiger partial charge is 0.426 e. The lowest BCUT2D eigenvalue weighted by molar-refractivity contribution is -0.373. The van der Waals surface area contributed by atoms with Gasteiger partial charge in [-0.25, -0.2) is 0 Å². The van der Waals surface area contributed by atoms with Gasteiger partial charge in [0.25, 0.3) is 5.60 Å². The van der Waals surface area contributed by atoms with Gasteiger partial charge in [0.15, 0.2) is 0 Å². The Kier molecular flexibility index (Phi) is 9.07. The molecule has 1 atom stereocenters. The molecule has 0 bridgehead atoms. The molecule has 1 saturated carbocycles. The van der Waals surface area contributed by atoms with Gasteiger partial charge in [-0.3, -0.25) is 0 Å². The van der Waals surface area contributed by atoms with E-state index in [4.69, 9.17) is 4.74 Å². The molecule has 0 amide bonds. The molecular weight excluding hydrogens is 470 g/mol. The molecule has 0 radical (unpaired) electrons. The van der Waals surface area contributed by atoms with Crippen molar-refractivity contribution in [3.05, 3.63) is 35.4 Å². The zero-order chi connectivity index (χ0) is 26.9. The van der Waals surface area contributed by atoms with E-state index in [0.717, 1.165) is 12.0 Å². The summed E-state index contributed by atoms with van der Waals surface area (Å²) < 4.78 is 83.7. The van der Waals surface area contributed by atoms with Gasteiger partial charge >= 0.3 is 12.4 Å². The Morgan fingerprint density at radius 3 is 1.71 bits per heavy atom. The predicted octanol–water partition coefficient (Wildman–Crippen LogP) is 8.57. The molecule has 0 spiro atoms. The van der Waals surface area contributed by atoms with E-state index < -0.39 is 30.3 Å². The first kappa shape index (κ1) is 29.9. The van der Waals surface area contributed by atoms with Crippen LogP contribution >= 0.6 is 0 Å². The second kappa shape index (κ2) is 10.6. The smallest absolute Gasteiger partial charge is 0.374 e. The summed E-state index contributed by atoms with van der Waals surface area (Å²) in [7, 11) is 0. The number of halogens is 6. The summed E-state index contributed by atoms with van der Waals surface area (Å²) >= 11 is 0. The van der Waals surface area contributed by atoms with E-state index in [0.29, 0.717) is 25.4 Å². The maximum Gasteiger partial charge on any atom is 0.426 e. The standard InChI is InChI=1S/C27H40F6O2/c1-23(2,3)16-22(24(4,5)6)20-11-7-19(8-12-20)17-35-21-13-9-18(10-14-21)15-25(34,26(28,29)30)27(31,32)33/h7-8,11-12,18,21-22,34H,9-10,13-17H2,1-6H3. The van der Waals surface area contributed by atoms with E-state index in [1.165, 1.54) is 5.56 Å². The van der Waals surface area contributed by atoms with Gasteiger partial charge in [0.05, 0.1) is 12.7 Å². The molecule has 0 heterocycles. The molecule has 1 unspecified atom stereocenters. The molecule has 1 N–H and O–H groups in total. The van der Waals surface area contributed by atoms with Crippen LogP contribution in [0.15, 0.2) is 24.3 Å². The molecule has 35 heavy (non-hydrogen) atoms. The first-order valence-corrected chi connectivity index (χ1v) is 12.3. The zero-order valence-electron chi connectivity index (χ0n) is 21.6. The summed E-state index contributed by atoms with van der Waals surface area (Å²) in [5.74, 6) is -0.473. The van der Waals surface area contributed by atoms with Crippen LogP contribution in [0.1, 0.15) is 97.1 Å². The van der Waals surface area contributed by atoms with Gasteiger partial charge in [-0.1, -0.05) is 65.8 Å². The maximum absolute atomic E-state index is 13.0. The van der Waals surface area contributed by atoms with Crippen molar-refractivity contribution in [2.24, 2.45) is 16.7 Å². The quantitative estimate of drug-likeness (QED) is 0.372. The average molecular weight is 511 g/mol. The van der Waals surface area contributed by atoms with Crippen molar-refractivity contribution in [2.75, 3.05) is 0 Å². The van der Waals surface area contributed by atoms with E-state index in [1.807, 2.05) is 12.1 Å². The summed E-state index contributed by atoms with van der Waals surface area (Å²) in [5, 5.41) is 9.45. The Labute approximate surface area is 205 Å². The molecule has 1 fully saturated rings. The summed E-state index contributed by atoms with van der Waals surface area (Å²) in [5.41, 5.74) is -2.14. The Bertz CT molecular complexity index is 777. The van der Waals surface area contributed by atoms with Crippen molar-refractivity contribution in [1.82, 2.24) is 0 Å². The topological polar surface area (TPSA) is 29.5 Å². The van der Waals surface area contributed by atoms with Crippen LogP contribution in [-0.4, -0.2) is 29.2 Å². The lowest BCUT2D eigenvalue weighted by Crippen LogP contribution is -2.57. The van der Waals surface area contributed by atoms with Crippen molar-refractivity contribution in [3.8, 4) is 0 Å². The molecule has 1 aliphatic carbocycles. The van der Waals surface area contributed by atoms with Crippen molar-refractivity contribution >= 4 is 0 Å². The number of ether oxygens (including phenoxy) is 1. The van der Waals surface area contributed by atoms with E-state index in [2.05, 4.69) is 53.7 Å². The third-order valence-electron chi connectivity index (χ3n) is 7.05. The molecule has 2 rings (SSSR count). The lowest BCUT2D eigenvalue weighted by atomic mass is 9.69. The van der Waals surface area contributed by atoms with Gasteiger partial charge in [-0.05, 0) is 72.3 Å². The van der Waals surface area contributed by atoms with Gasteiger partial charge in [0.1, 0.15) is 0 Å². The summed E-state index contributed by atoms with van der Waals surface area (Å²) in [6.45, 7) is 13.7. The van der Waals surface area contributed by atoms with E-state index in [9.17, 15) is 31.4 Å². The van der Waals surface area contributed by atoms with E-state index in [-0.39, 0.29) is 29.8 Å². The highest BCUT2D eigenvalue weighted by Crippen LogP contribution is 2.48. The van der Waals surface area contributed by atoms with Crippen LogP contribution in [0.25, 0.3) is 0 Å². The van der Waals surface area contributed by atoms with Crippen LogP contribution in [0.2, 0.25) is 0 Å². The molecule has 1 aliphatic rings. The van der Waals surface area contributed by atoms with Gasteiger partial charge in [-0.15, -0.1) is 0 Å². The molecule has 1 aromatic rings. The van der Waals surface area contributed by atoms with Crippen molar-refractivity contribution in [1.29, 1.82) is 0 Å². The minimum absolute atomic E-state index is 0.105. The minimum Gasteiger partial charge on any atom is -0.374 e. The monoisotopic (exact) mass is 510 g/mol. The fraction of sp³-hybridized carbons (Fsp3) is 0.778. The molecule has 202 valence electrons. The second-order valence-electron chi connectivity index (χ2n) is 12.4. The number of hydrogen-bond donors (Lipinski definition) is 1. The lowest BCUT2D eigenvalue weighted by Gasteiger charge is -2.37. The van der Waals surface area contributed by atoms with Crippen molar-refractivity contribution in [3.63, 3.8) is 0 Å². The third-order valence-corrected chi connectivity index (χ3v) is 7.05. The highest BCUT2D eigenvalue weighted by atomic mass is 19.4. The highest BCUT2D eigenvalue weighted by molar-refractivity contribution is 5.26. The summed E-state index contributed by atoms with van der Waals surface area (Å²) in [4.78, 5) is 0. The maximum atomic E-state index is 13.0. The minimum atomic E-state index is -5.76. The van der Waals surface area contributed by atoms with Crippen LogP contribution < -0.4 is 0 Å². The normalized spacial score (nSPS) is 21.7. The molecule has 8 heteroatoms. The van der Waals surface area contributed by atoms with Crippen LogP contribution in [0, 0.1) is 16.7 Å². The molecular formula is C27H40F6O2. The van der Waals surface area contributed by atoms with Crippen molar-refractivity contribution in [2.45, 2.75) is 117 Å². The third kappa shape index (κ3) is 8.11. The number of aliphatic hydroxyl groups is 1. The molecule has 1 aromatic carbocycles. The Hall–Kier alpha value is -1.28. The molecule has 0 aromatic heterocycles. The summed E-state index contributed by atoms with van der Waals surface area (Å²) in [6, 6.07) is 8.28. The Morgan fingerprint density at radius 1 is 0.829 bits per heavy atom. The van der Waals surface area contributed by atoms with Crippen LogP contribution in [0.4, 0.5) is 26.3 Å². The first-order valence-electron chi connectivity index (χ1n) is 12.3. The van der Waals surface area contributed by atoms with Crippen LogP contribution in [0.5, 0.6) is 0 Å². The highest BCUT2D eigenvalue weighted by Gasteiger charge is 2.70. The average Bonchev–Trinajstić information content (AvgIpc) is 2.69. The molecule has 0 saturated heterocycles. The van der Waals surface area contributed by atoms with Gasteiger partial charge in [0.2, 0.25) is 0 Å². The summed E-state index contributed by atoms with van der Waals surface area (Å²) in [6.07, 6.45) is -11.0. The number of benzene rings is 1. The Morgan fingerprint density at radius 2 is 1.31 bits per heavy atom. The molecule has 2 nitrogen and oxygen atoms in total. The number of hydrogen-bond acceptors (Lipinski definition) is 2. The number of rotatable bonds is 7. The fourth-order valence-electron chi connectivity index (χ4n) is 4.91. The predicted molar refractivity (Wildman–Crippen MR) is 125 cm³/mol. The zero-order valence-corrected chi connectivity index (χ0v) is 21.6. The first-order chi connectivity index (χ1) is 15.7. The van der Waals surface area contributed by atoms with E-state index >= 15 is 0 Å². The van der Waals surface area contributed by atoms with E-state index in [1.54, 1.807) is 0 Å². The number of alkyl halides is 6. The van der Waals surface area contributed by atoms with Crippen molar-refractivity contribution < 1.29 is 36.2 Å². The Balaban J connectivity index is 1.92. The van der Waals surface area contributed by atoms with Crippen LogP contribution in [-0.2, 0) is 11.3 Å². The van der Waals surface area contributed by atoms with Crippen LogP contribution in [0.3, 0.4) is 0 Å². The molecule has 0 aliphatic heterocycles. The van der Waals surface area contributed by atoms with Gasteiger partial charge in [-0.2, -0.15) is 26.3 Å². The van der Waals surface area contributed by atoms with Gasteiger partial charge in [0, 0.05) is 0 Å². The second-order valence-corrected chi connectivity index (χ2v) is 12.4. The van der Waals surface area contributed by atoms with Gasteiger partial charge < -0.3 is 9.84 Å². The SMILES string of the molecule is CC(C)(C)CC(c1ccc(COC2CCC(CC(O)(C(F)(F)F)C(F)(F)F)CC2)cc1)C(C)(C)C.